The molecule has 15 heavy (non-hydrogen) atoms. The molecule has 2 rings (SSSR count). The molecule has 0 spiro atoms. The zero-order valence-electron chi connectivity index (χ0n) is 8.74. The molecule has 1 aromatic carbocycles. The van der Waals surface area contributed by atoms with Crippen LogP contribution in [0.3, 0.4) is 0 Å². The molecule has 0 aliphatic heterocycles. The number of ether oxygens (including phenoxy) is 1. The highest BCUT2D eigenvalue weighted by atomic mass is 16.5. The molecule has 3 nitrogen and oxygen atoms in total. The van der Waals surface area contributed by atoms with Gasteiger partial charge < -0.3 is 4.74 Å². The summed E-state index contributed by atoms with van der Waals surface area (Å²) < 4.78 is 4.69. The minimum Gasteiger partial charge on any atom is -0.469 e. The van der Waals surface area contributed by atoms with E-state index in [1.807, 2.05) is 19.1 Å². The van der Waals surface area contributed by atoms with Crippen molar-refractivity contribution in [3.63, 3.8) is 0 Å². The lowest BCUT2D eigenvalue weighted by Crippen LogP contribution is -2.11. The maximum Gasteiger partial charge on any atom is 0.313 e. The van der Waals surface area contributed by atoms with Gasteiger partial charge in [-0.05, 0) is 12.5 Å². The molecule has 78 valence electrons. The van der Waals surface area contributed by atoms with Crippen LogP contribution >= 0.6 is 0 Å². The second-order valence-electron chi connectivity index (χ2n) is 3.79. The quantitative estimate of drug-likeness (QED) is 0.655. The van der Waals surface area contributed by atoms with Crippen molar-refractivity contribution in [3.8, 4) is 0 Å². The van der Waals surface area contributed by atoms with Gasteiger partial charge >= 0.3 is 5.97 Å². The largest absolute Gasteiger partial charge is 0.469 e. The molecular formula is C12H12O3. The highest BCUT2D eigenvalue weighted by Crippen LogP contribution is 2.34. The Morgan fingerprint density at radius 2 is 2.20 bits per heavy atom. The van der Waals surface area contributed by atoms with E-state index in [4.69, 9.17) is 0 Å². The maximum absolute atomic E-state index is 11.6. The lowest BCUT2D eigenvalue weighted by Gasteiger charge is -2.08. The van der Waals surface area contributed by atoms with E-state index in [2.05, 4.69) is 4.74 Å². The zero-order valence-corrected chi connectivity index (χ0v) is 8.74. The predicted octanol–water partition coefficient (Wildman–Crippen LogP) is 1.84. The van der Waals surface area contributed by atoms with Crippen LogP contribution in [0.5, 0.6) is 0 Å². The first-order valence-corrected chi connectivity index (χ1v) is 4.85. The summed E-state index contributed by atoms with van der Waals surface area (Å²) >= 11 is 0. The molecule has 1 aliphatic carbocycles. The van der Waals surface area contributed by atoms with Crippen molar-refractivity contribution in [1.82, 2.24) is 0 Å². The highest BCUT2D eigenvalue weighted by molar-refractivity contribution is 6.05. The Labute approximate surface area is 88.1 Å². The lowest BCUT2D eigenvalue weighted by molar-refractivity contribution is -0.142. The minimum atomic E-state index is -0.405. The van der Waals surface area contributed by atoms with Gasteiger partial charge in [-0.2, -0.15) is 0 Å². The summed E-state index contributed by atoms with van der Waals surface area (Å²) in [4.78, 5) is 23.1. The molecule has 3 heteroatoms. The first kappa shape index (κ1) is 9.90. The number of methoxy groups -OCH3 is 1. The first-order chi connectivity index (χ1) is 7.13. The van der Waals surface area contributed by atoms with Crippen LogP contribution in [0, 0.1) is 6.92 Å². The number of esters is 1. The summed E-state index contributed by atoms with van der Waals surface area (Å²) in [5, 5.41) is 0. The fraction of sp³-hybridized carbons (Fsp3) is 0.333. The Morgan fingerprint density at radius 3 is 2.87 bits per heavy atom. The normalized spacial score (nSPS) is 18.8. The van der Waals surface area contributed by atoms with Crippen molar-refractivity contribution >= 4 is 11.8 Å². The average molecular weight is 204 g/mol. The monoisotopic (exact) mass is 204 g/mol. The van der Waals surface area contributed by atoms with E-state index in [1.165, 1.54) is 7.11 Å². The summed E-state index contributed by atoms with van der Waals surface area (Å²) in [6.45, 7) is 1.94. The van der Waals surface area contributed by atoms with Crippen LogP contribution in [-0.4, -0.2) is 18.9 Å². The van der Waals surface area contributed by atoms with E-state index >= 15 is 0 Å². The van der Waals surface area contributed by atoms with Crippen LogP contribution < -0.4 is 0 Å². The van der Waals surface area contributed by atoms with E-state index in [9.17, 15) is 9.59 Å². The number of fused-ring (bicyclic) bond motifs is 1. The van der Waals surface area contributed by atoms with Gasteiger partial charge in [0.1, 0.15) is 0 Å². The van der Waals surface area contributed by atoms with E-state index < -0.39 is 5.92 Å². The molecule has 0 bridgehead atoms. The third-order valence-corrected chi connectivity index (χ3v) is 2.76. The number of hydrogen-bond donors (Lipinski definition) is 0. The van der Waals surface area contributed by atoms with Gasteiger partial charge in [-0.25, -0.2) is 0 Å². The number of ketones is 1. The van der Waals surface area contributed by atoms with Gasteiger partial charge in [0.15, 0.2) is 5.78 Å². The number of carbonyl (C=O) groups excluding carboxylic acids is 2. The summed E-state index contributed by atoms with van der Waals surface area (Å²) in [5.41, 5.74) is 2.53. The SMILES string of the molecule is COC(=O)C1CC(=O)c2ccc(C)cc21. The molecular weight excluding hydrogens is 192 g/mol. The van der Waals surface area contributed by atoms with Gasteiger partial charge in [0.05, 0.1) is 13.0 Å². The fourth-order valence-corrected chi connectivity index (χ4v) is 1.98. The van der Waals surface area contributed by atoms with E-state index in [0.717, 1.165) is 11.1 Å². The van der Waals surface area contributed by atoms with Gasteiger partial charge in [0, 0.05) is 12.0 Å². The number of aryl methyl sites for hydroxylation is 1. The molecule has 0 aromatic heterocycles. The third kappa shape index (κ3) is 1.54. The molecule has 0 heterocycles. The Hall–Kier alpha value is -1.64. The Balaban J connectivity index is 2.48. The summed E-state index contributed by atoms with van der Waals surface area (Å²) in [6, 6.07) is 5.56. The molecule has 0 fully saturated rings. The van der Waals surface area contributed by atoms with Crippen molar-refractivity contribution in [2.75, 3.05) is 7.11 Å². The van der Waals surface area contributed by atoms with Crippen molar-refractivity contribution in [2.24, 2.45) is 0 Å². The second-order valence-corrected chi connectivity index (χ2v) is 3.79. The van der Waals surface area contributed by atoms with E-state index in [1.54, 1.807) is 6.07 Å². The summed E-state index contributed by atoms with van der Waals surface area (Å²) in [6.07, 6.45) is 0.242. The topological polar surface area (TPSA) is 43.4 Å². The van der Waals surface area contributed by atoms with Crippen LogP contribution in [-0.2, 0) is 9.53 Å². The number of benzene rings is 1. The van der Waals surface area contributed by atoms with Crippen LogP contribution in [0.2, 0.25) is 0 Å². The van der Waals surface area contributed by atoms with Crippen molar-refractivity contribution in [2.45, 2.75) is 19.3 Å². The molecule has 0 amide bonds. The average Bonchev–Trinajstić information content (AvgIpc) is 2.54. The molecule has 0 saturated carbocycles. The predicted molar refractivity (Wildman–Crippen MR) is 54.9 cm³/mol. The van der Waals surface area contributed by atoms with Crippen molar-refractivity contribution < 1.29 is 14.3 Å². The summed E-state index contributed by atoms with van der Waals surface area (Å²) in [5.74, 6) is -0.703. The van der Waals surface area contributed by atoms with Crippen LogP contribution in [0.15, 0.2) is 18.2 Å². The molecule has 1 aliphatic rings. The Bertz CT molecular complexity index is 434. The molecule has 1 unspecified atom stereocenters. The standard InChI is InChI=1S/C12H12O3/c1-7-3-4-8-9(5-7)10(6-11(8)13)12(14)15-2/h3-5,10H,6H2,1-2H3. The van der Waals surface area contributed by atoms with Crippen molar-refractivity contribution in [1.29, 1.82) is 0 Å². The van der Waals surface area contributed by atoms with E-state index in [0.29, 0.717) is 5.56 Å². The van der Waals surface area contributed by atoms with Gasteiger partial charge in [-0.3, -0.25) is 9.59 Å². The zero-order chi connectivity index (χ0) is 11.0. The maximum atomic E-state index is 11.6. The molecule has 1 aromatic rings. The number of rotatable bonds is 1. The van der Waals surface area contributed by atoms with E-state index in [-0.39, 0.29) is 18.2 Å². The highest BCUT2D eigenvalue weighted by Gasteiger charge is 2.34. The minimum absolute atomic E-state index is 0.0281. The summed E-state index contributed by atoms with van der Waals surface area (Å²) in [7, 11) is 1.35. The van der Waals surface area contributed by atoms with Gasteiger partial charge in [-0.1, -0.05) is 23.8 Å². The Morgan fingerprint density at radius 1 is 1.47 bits per heavy atom. The Kier molecular flexibility index (Phi) is 2.31. The van der Waals surface area contributed by atoms with Gasteiger partial charge in [0.25, 0.3) is 0 Å². The van der Waals surface area contributed by atoms with Gasteiger partial charge in [0.2, 0.25) is 0 Å². The number of hydrogen-bond acceptors (Lipinski definition) is 3. The fourth-order valence-electron chi connectivity index (χ4n) is 1.98. The first-order valence-electron chi connectivity index (χ1n) is 4.85. The van der Waals surface area contributed by atoms with Crippen LogP contribution in [0.1, 0.15) is 33.8 Å². The molecule has 1 atom stereocenters. The molecule has 0 N–H and O–H groups in total. The number of Topliss-reactive ketones (excluding diaryl/α,β-unsaturated/α-hetero) is 1. The second kappa shape index (κ2) is 3.50. The number of carbonyl (C=O) groups is 2. The molecule has 0 radical (unpaired) electrons. The smallest absolute Gasteiger partial charge is 0.313 e. The molecule has 0 saturated heterocycles. The van der Waals surface area contributed by atoms with Gasteiger partial charge in [-0.15, -0.1) is 0 Å². The van der Waals surface area contributed by atoms with Crippen LogP contribution in [0.25, 0.3) is 0 Å². The lowest BCUT2D eigenvalue weighted by atomic mass is 10.00. The third-order valence-electron chi connectivity index (χ3n) is 2.76. The van der Waals surface area contributed by atoms with Crippen LogP contribution in [0.4, 0.5) is 0 Å². The van der Waals surface area contributed by atoms with Crippen molar-refractivity contribution in [3.05, 3.63) is 34.9 Å².